The predicted molar refractivity (Wildman–Crippen MR) is 102 cm³/mol. The van der Waals surface area contributed by atoms with Crippen LogP contribution in [-0.2, 0) is 0 Å². The first-order valence-electron chi connectivity index (χ1n) is 7.71. The van der Waals surface area contributed by atoms with Crippen molar-refractivity contribution < 1.29 is 9.72 Å². The molecule has 0 aliphatic rings. The van der Waals surface area contributed by atoms with E-state index in [1.165, 1.54) is 12.1 Å². The molecule has 0 aliphatic heterocycles. The number of carbonyl (C=O) groups excluding carboxylic acids is 1. The lowest BCUT2D eigenvalue weighted by Gasteiger charge is -2.13. The summed E-state index contributed by atoms with van der Waals surface area (Å²) in [5.74, 6) is -0.587. The Bertz CT molecular complexity index is 961. The van der Waals surface area contributed by atoms with Gasteiger partial charge in [0.05, 0.1) is 16.3 Å². The summed E-state index contributed by atoms with van der Waals surface area (Å²) < 4.78 is 0. The van der Waals surface area contributed by atoms with Gasteiger partial charge in [0.2, 0.25) is 0 Å². The molecule has 3 rings (SSSR count). The van der Waals surface area contributed by atoms with Crippen molar-refractivity contribution in [2.24, 2.45) is 0 Å². The molecule has 0 fully saturated rings. The molecule has 26 heavy (non-hydrogen) atoms. The number of anilines is 3. The number of rotatable bonds is 5. The zero-order valence-electron chi connectivity index (χ0n) is 13.5. The summed E-state index contributed by atoms with van der Waals surface area (Å²) in [4.78, 5) is 23.1. The molecule has 6 nitrogen and oxygen atoms in total. The second-order valence-electron chi connectivity index (χ2n) is 5.41. The SMILES string of the molecule is O=C(Nc1ccccc1Nc1ccccc1)c1ccc(Cl)cc1[N+](=O)[O-]. The van der Waals surface area contributed by atoms with Crippen molar-refractivity contribution in [3.8, 4) is 0 Å². The van der Waals surface area contributed by atoms with E-state index in [0.29, 0.717) is 11.4 Å². The molecule has 0 saturated heterocycles. The van der Waals surface area contributed by atoms with E-state index in [0.717, 1.165) is 11.8 Å². The molecule has 0 bridgehead atoms. The Morgan fingerprint density at radius 1 is 0.923 bits per heavy atom. The van der Waals surface area contributed by atoms with E-state index in [9.17, 15) is 14.9 Å². The van der Waals surface area contributed by atoms with Gasteiger partial charge >= 0.3 is 0 Å². The Balaban J connectivity index is 1.88. The van der Waals surface area contributed by atoms with Gasteiger partial charge in [-0.1, -0.05) is 41.9 Å². The molecule has 130 valence electrons. The van der Waals surface area contributed by atoms with Gasteiger partial charge in [-0.15, -0.1) is 0 Å². The van der Waals surface area contributed by atoms with Gasteiger partial charge in [-0.25, -0.2) is 0 Å². The summed E-state index contributed by atoms with van der Waals surface area (Å²) in [6.07, 6.45) is 0. The van der Waals surface area contributed by atoms with Crippen LogP contribution in [0.2, 0.25) is 5.02 Å². The average Bonchev–Trinajstić information content (AvgIpc) is 2.64. The van der Waals surface area contributed by atoms with E-state index >= 15 is 0 Å². The summed E-state index contributed by atoms with van der Waals surface area (Å²) in [6, 6.07) is 20.5. The molecule has 3 aromatic rings. The smallest absolute Gasteiger partial charge is 0.283 e. The van der Waals surface area contributed by atoms with Crippen molar-refractivity contribution >= 4 is 40.3 Å². The molecule has 0 heterocycles. The first-order valence-corrected chi connectivity index (χ1v) is 8.09. The van der Waals surface area contributed by atoms with Crippen molar-refractivity contribution in [1.29, 1.82) is 0 Å². The lowest BCUT2D eigenvalue weighted by atomic mass is 10.1. The Morgan fingerprint density at radius 3 is 2.27 bits per heavy atom. The summed E-state index contributed by atoms with van der Waals surface area (Å²) in [5.41, 5.74) is 1.62. The van der Waals surface area contributed by atoms with Crippen LogP contribution in [0.25, 0.3) is 0 Å². The Hall–Kier alpha value is -3.38. The fourth-order valence-corrected chi connectivity index (χ4v) is 2.58. The van der Waals surface area contributed by atoms with Crippen LogP contribution in [-0.4, -0.2) is 10.8 Å². The lowest BCUT2D eigenvalue weighted by molar-refractivity contribution is -0.385. The summed E-state index contributed by atoms with van der Waals surface area (Å²) in [5, 5.41) is 17.3. The number of hydrogen-bond acceptors (Lipinski definition) is 4. The number of amides is 1. The number of nitrogens with one attached hydrogen (secondary N) is 2. The molecule has 0 atom stereocenters. The molecule has 0 aliphatic carbocycles. The number of hydrogen-bond donors (Lipinski definition) is 2. The minimum Gasteiger partial charge on any atom is -0.354 e. The van der Waals surface area contributed by atoms with Gasteiger partial charge in [0.1, 0.15) is 5.56 Å². The molecule has 0 unspecified atom stereocenters. The van der Waals surface area contributed by atoms with Gasteiger partial charge in [0.15, 0.2) is 0 Å². The van der Waals surface area contributed by atoms with E-state index in [2.05, 4.69) is 10.6 Å². The van der Waals surface area contributed by atoms with Crippen molar-refractivity contribution in [2.75, 3.05) is 10.6 Å². The van der Waals surface area contributed by atoms with E-state index in [1.54, 1.807) is 18.2 Å². The maximum absolute atomic E-state index is 12.6. The first kappa shape index (κ1) is 17.4. The average molecular weight is 368 g/mol. The standard InChI is InChI=1S/C19H14ClN3O3/c20-13-10-11-15(18(12-13)23(25)26)19(24)22-17-9-5-4-8-16(17)21-14-6-2-1-3-7-14/h1-12,21H,(H,22,24). The third-order valence-corrected chi connectivity index (χ3v) is 3.86. The second kappa shape index (κ2) is 7.67. The molecule has 2 N–H and O–H groups in total. The van der Waals surface area contributed by atoms with Crippen LogP contribution in [0.4, 0.5) is 22.7 Å². The molecule has 0 radical (unpaired) electrons. The van der Waals surface area contributed by atoms with Gasteiger partial charge in [0.25, 0.3) is 11.6 Å². The van der Waals surface area contributed by atoms with Crippen LogP contribution < -0.4 is 10.6 Å². The van der Waals surface area contributed by atoms with E-state index < -0.39 is 10.8 Å². The fraction of sp³-hybridized carbons (Fsp3) is 0. The number of para-hydroxylation sites is 3. The number of halogens is 1. The highest BCUT2D eigenvalue weighted by atomic mass is 35.5. The van der Waals surface area contributed by atoms with Crippen molar-refractivity contribution in [2.45, 2.75) is 0 Å². The Kier molecular flexibility index (Phi) is 5.15. The third kappa shape index (κ3) is 3.99. The largest absolute Gasteiger partial charge is 0.354 e. The van der Waals surface area contributed by atoms with Gasteiger partial charge < -0.3 is 10.6 Å². The van der Waals surface area contributed by atoms with Crippen molar-refractivity contribution in [3.05, 3.63) is 93.5 Å². The summed E-state index contributed by atoms with van der Waals surface area (Å²) >= 11 is 5.80. The van der Waals surface area contributed by atoms with Gasteiger partial charge in [-0.05, 0) is 36.4 Å². The molecule has 3 aromatic carbocycles. The van der Waals surface area contributed by atoms with Crippen LogP contribution in [0.15, 0.2) is 72.8 Å². The van der Waals surface area contributed by atoms with E-state index in [4.69, 9.17) is 11.6 Å². The molecule has 7 heteroatoms. The normalized spacial score (nSPS) is 10.2. The maximum Gasteiger partial charge on any atom is 0.283 e. The highest BCUT2D eigenvalue weighted by Crippen LogP contribution is 2.28. The van der Waals surface area contributed by atoms with Crippen molar-refractivity contribution in [3.63, 3.8) is 0 Å². The summed E-state index contributed by atoms with van der Waals surface area (Å²) in [6.45, 7) is 0. The molecule has 0 saturated carbocycles. The van der Waals surface area contributed by atoms with Crippen LogP contribution in [0, 0.1) is 10.1 Å². The molecule has 0 aromatic heterocycles. The quantitative estimate of drug-likeness (QED) is 0.476. The molecular formula is C19H14ClN3O3. The van der Waals surface area contributed by atoms with Crippen molar-refractivity contribution in [1.82, 2.24) is 0 Å². The monoisotopic (exact) mass is 367 g/mol. The Labute approximate surface area is 154 Å². The summed E-state index contributed by atoms with van der Waals surface area (Å²) in [7, 11) is 0. The molecule has 1 amide bonds. The number of nitro groups is 1. The second-order valence-corrected chi connectivity index (χ2v) is 5.85. The predicted octanol–water partition coefficient (Wildman–Crippen LogP) is 5.24. The highest BCUT2D eigenvalue weighted by Gasteiger charge is 2.21. The topological polar surface area (TPSA) is 84.3 Å². The van der Waals surface area contributed by atoms with Gasteiger partial charge in [0, 0.05) is 16.8 Å². The Morgan fingerprint density at radius 2 is 1.58 bits per heavy atom. The van der Waals surface area contributed by atoms with Gasteiger partial charge in [-0.3, -0.25) is 14.9 Å². The van der Waals surface area contributed by atoms with E-state index in [-0.39, 0.29) is 16.3 Å². The number of carbonyl (C=O) groups is 1. The zero-order valence-corrected chi connectivity index (χ0v) is 14.2. The maximum atomic E-state index is 12.6. The minimum atomic E-state index is -0.630. The number of nitro benzene ring substituents is 1. The zero-order chi connectivity index (χ0) is 18.5. The van der Waals surface area contributed by atoms with Gasteiger partial charge in [-0.2, -0.15) is 0 Å². The lowest BCUT2D eigenvalue weighted by Crippen LogP contribution is -2.15. The minimum absolute atomic E-state index is 0.0612. The fourth-order valence-electron chi connectivity index (χ4n) is 2.42. The number of benzene rings is 3. The number of nitrogens with zero attached hydrogens (tertiary/aromatic N) is 1. The first-order chi connectivity index (χ1) is 12.5. The van der Waals surface area contributed by atoms with E-state index in [1.807, 2.05) is 36.4 Å². The van der Waals surface area contributed by atoms with Crippen LogP contribution in [0.5, 0.6) is 0 Å². The molecular weight excluding hydrogens is 354 g/mol. The third-order valence-electron chi connectivity index (χ3n) is 3.63. The highest BCUT2D eigenvalue weighted by molar-refractivity contribution is 6.31. The van der Waals surface area contributed by atoms with Crippen LogP contribution in [0.1, 0.15) is 10.4 Å². The van der Waals surface area contributed by atoms with Crippen LogP contribution >= 0.6 is 11.6 Å². The molecule has 0 spiro atoms. The van der Waals surface area contributed by atoms with Crippen LogP contribution in [0.3, 0.4) is 0 Å².